The predicted molar refractivity (Wildman–Crippen MR) is 106 cm³/mol. The van der Waals surface area contributed by atoms with Gasteiger partial charge in [-0.3, -0.25) is 9.11 Å². The Morgan fingerprint density at radius 1 is 1.24 bits per heavy atom. The number of likely N-dealkylation sites (tertiary alicyclic amines) is 1. The zero-order chi connectivity index (χ0) is 21.2. The lowest BCUT2D eigenvalue weighted by atomic mass is 9.74. The molecule has 2 N–H and O–H groups in total. The molecule has 0 amide bonds. The lowest BCUT2D eigenvalue weighted by molar-refractivity contribution is -0.152. The first kappa shape index (κ1) is 21.4. The number of allylic oxidation sites excluding steroid dienone is 2. The van der Waals surface area contributed by atoms with Crippen molar-refractivity contribution in [2.24, 2.45) is 11.8 Å². The van der Waals surface area contributed by atoms with Gasteiger partial charge in [-0.1, -0.05) is 37.3 Å². The van der Waals surface area contributed by atoms with E-state index < -0.39 is 40.0 Å². The average molecular weight is 421 g/mol. The quantitative estimate of drug-likeness (QED) is 0.733. The van der Waals surface area contributed by atoms with Gasteiger partial charge in [0.2, 0.25) is 0 Å². The van der Waals surface area contributed by atoms with Crippen LogP contribution in [0, 0.1) is 17.7 Å². The maximum Gasteiger partial charge on any atom is 0.331 e. The van der Waals surface area contributed by atoms with Crippen molar-refractivity contribution in [2.45, 2.75) is 30.2 Å². The molecule has 3 atom stereocenters. The molecule has 3 rings (SSSR count). The molecule has 1 aromatic carbocycles. The Bertz CT molecular complexity index is 891. The highest BCUT2D eigenvalue weighted by molar-refractivity contribution is 7.85. The van der Waals surface area contributed by atoms with Gasteiger partial charge >= 0.3 is 11.9 Å². The molecule has 1 aromatic rings. The van der Waals surface area contributed by atoms with Crippen LogP contribution in [0.1, 0.15) is 19.8 Å². The number of halogens is 1. The standard InChI is InChI=1S/C21H24FNO5S/c1-14-16(19(24)25)5-4-10-21(14,20(26)27)23-11-8-15(9-12-23)13-29(28)18-7-3-2-6-17(18)22/h2-7,10,14-15H,8-9,11-13H2,1H3,(H,24,25)(H,26,27). The summed E-state index contributed by atoms with van der Waals surface area (Å²) in [6, 6.07) is 6.02. The van der Waals surface area contributed by atoms with Gasteiger partial charge in [0.1, 0.15) is 11.4 Å². The highest BCUT2D eigenvalue weighted by Gasteiger charge is 2.51. The molecule has 1 heterocycles. The summed E-state index contributed by atoms with van der Waals surface area (Å²) in [4.78, 5) is 25.7. The van der Waals surface area contributed by atoms with E-state index in [0.717, 1.165) is 0 Å². The molecule has 1 aliphatic carbocycles. The fourth-order valence-electron chi connectivity index (χ4n) is 4.25. The van der Waals surface area contributed by atoms with E-state index in [9.17, 15) is 28.4 Å². The van der Waals surface area contributed by atoms with E-state index in [4.69, 9.17) is 0 Å². The summed E-state index contributed by atoms with van der Waals surface area (Å²) in [5, 5.41) is 19.4. The second-order valence-electron chi connectivity index (χ2n) is 7.51. The number of carboxylic acids is 2. The molecule has 0 saturated carbocycles. The minimum absolute atomic E-state index is 0.0673. The van der Waals surface area contributed by atoms with Crippen LogP contribution in [0.5, 0.6) is 0 Å². The zero-order valence-electron chi connectivity index (χ0n) is 16.1. The van der Waals surface area contributed by atoms with Crippen LogP contribution < -0.4 is 0 Å². The van der Waals surface area contributed by atoms with Crippen molar-refractivity contribution in [2.75, 3.05) is 18.8 Å². The Labute approximate surface area is 171 Å². The molecule has 1 saturated heterocycles. The number of piperidine rings is 1. The van der Waals surface area contributed by atoms with Gasteiger partial charge in [0.25, 0.3) is 0 Å². The summed E-state index contributed by atoms with van der Waals surface area (Å²) in [5.74, 6) is -3.01. The molecule has 0 bridgehead atoms. The van der Waals surface area contributed by atoms with Gasteiger partial charge in [0, 0.05) is 17.2 Å². The fourth-order valence-corrected chi connectivity index (χ4v) is 5.71. The monoisotopic (exact) mass is 421 g/mol. The number of hydrogen-bond donors (Lipinski definition) is 2. The highest BCUT2D eigenvalue weighted by atomic mass is 32.2. The van der Waals surface area contributed by atoms with Crippen molar-refractivity contribution >= 4 is 22.7 Å². The first-order valence-electron chi connectivity index (χ1n) is 9.51. The maximum atomic E-state index is 13.9. The van der Waals surface area contributed by atoms with Gasteiger partial charge in [-0.15, -0.1) is 0 Å². The van der Waals surface area contributed by atoms with Crippen LogP contribution in [-0.4, -0.2) is 55.6 Å². The molecule has 2 aliphatic rings. The van der Waals surface area contributed by atoms with Crippen LogP contribution in [0.25, 0.3) is 0 Å². The van der Waals surface area contributed by atoms with Crippen LogP contribution in [0.2, 0.25) is 0 Å². The molecule has 6 nitrogen and oxygen atoms in total. The van der Waals surface area contributed by atoms with Crippen molar-refractivity contribution in [3.05, 3.63) is 53.9 Å². The van der Waals surface area contributed by atoms with Crippen molar-refractivity contribution in [3.63, 3.8) is 0 Å². The number of nitrogens with zero attached hydrogens (tertiary/aromatic N) is 1. The zero-order valence-corrected chi connectivity index (χ0v) is 16.9. The third kappa shape index (κ3) is 4.04. The Hall–Kier alpha value is -2.32. The predicted octanol–water partition coefficient (Wildman–Crippen LogP) is 2.69. The molecule has 3 unspecified atom stereocenters. The average Bonchev–Trinajstić information content (AvgIpc) is 2.68. The van der Waals surface area contributed by atoms with Gasteiger partial charge in [0.05, 0.1) is 15.7 Å². The van der Waals surface area contributed by atoms with E-state index in [2.05, 4.69) is 0 Å². The molecule has 156 valence electrons. The Kier molecular flexibility index (Phi) is 6.33. The van der Waals surface area contributed by atoms with E-state index in [1.165, 1.54) is 24.3 Å². The number of rotatable bonds is 6. The number of hydrogen-bond acceptors (Lipinski definition) is 4. The molecular formula is C21H24FNO5S. The lowest BCUT2D eigenvalue weighted by Crippen LogP contribution is -2.61. The van der Waals surface area contributed by atoms with Gasteiger partial charge < -0.3 is 10.2 Å². The minimum atomic E-state index is -1.46. The van der Waals surface area contributed by atoms with Gasteiger partial charge in [-0.05, 0) is 44.0 Å². The molecule has 29 heavy (non-hydrogen) atoms. The van der Waals surface area contributed by atoms with Crippen molar-refractivity contribution in [1.29, 1.82) is 0 Å². The molecular weight excluding hydrogens is 397 g/mol. The highest BCUT2D eigenvalue weighted by Crippen LogP contribution is 2.38. The minimum Gasteiger partial charge on any atom is -0.480 e. The van der Waals surface area contributed by atoms with Crippen molar-refractivity contribution in [3.8, 4) is 0 Å². The first-order valence-corrected chi connectivity index (χ1v) is 10.8. The number of carbonyl (C=O) groups is 2. The molecule has 0 radical (unpaired) electrons. The summed E-state index contributed by atoms with van der Waals surface area (Å²) in [6.07, 6.45) is 5.73. The van der Waals surface area contributed by atoms with E-state index in [1.54, 1.807) is 30.0 Å². The van der Waals surface area contributed by atoms with Crippen LogP contribution >= 0.6 is 0 Å². The van der Waals surface area contributed by atoms with Gasteiger partial charge in [-0.25, -0.2) is 14.0 Å². The van der Waals surface area contributed by atoms with Crippen LogP contribution in [0.15, 0.2) is 53.0 Å². The Morgan fingerprint density at radius 3 is 2.48 bits per heavy atom. The Morgan fingerprint density at radius 2 is 1.90 bits per heavy atom. The third-order valence-corrected chi connectivity index (χ3v) is 7.54. The van der Waals surface area contributed by atoms with Crippen LogP contribution in [0.3, 0.4) is 0 Å². The molecule has 0 spiro atoms. The number of benzene rings is 1. The number of aliphatic carboxylic acids is 2. The summed E-state index contributed by atoms with van der Waals surface area (Å²) in [7, 11) is -1.46. The summed E-state index contributed by atoms with van der Waals surface area (Å²) in [5.41, 5.74) is -1.35. The molecule has 0 aromatic heterocycles. The summed E-state index contributed by atoms with van der Waals surface area (Å²) in [6.45, 7) is 2.50. The molecule has 1 fully saturated rings. The largest absolute Gasteiger partial charge is 0.480 e. The van der Waals surface area contributed by atoms with Crippen molar-refractivity contribution < 1.29 is 28.4 Å². The van der Waals surface area contributed by atoms with Crippen molar-refractivity contribution in [1.82, 2.24) is 4.90 Å². The topological polar surface area (TPSA) is 94.9 Å². The lowest BCUT2D eigenvalue weighted by Gasteiger charge is -2.47. The Balaban J connectivity index is 1.70. The third-order valence-electron chi connectivity index (χ3n) is 5.95. The summed E-state index contributed by atoms with van der Waals surface area (Å²) >= 11 is 0. The SMILES string of the molecule is CC1C(C(=O)O)=CC=CC1(C(=O)O)N1CCC(CS(=O)c2ccccc2F)CC1. The maximum absolute atomic E-state index is 13.9. The molecule has 8 heteroatoms. The van der Waals surface area contributed by atoms with E-state index in [0.29, 0.717) is 31.7 Å². The normalized spacial score (nSPS) is 26.7. The van der Waals surface area contributed by atoms with Gasteiger partial charge in [0.15, 0.2) is 0 Å². The fraction of sp³-hybridized carbons (Fsp3) is 0.429. The summed E-state index contributed by atoms with van der Waals surface area (Å²) < 4.78 is 26.4. The van der Waals surface area contributed by atoms with Crippen LogP contribution in [-0.2, 0) is 20.4 Å². The van der Waals surface area contributed by atoms with E-state index in [-0.39, 0.29) is 16.4 Å². The van der Waals surface area contributed by atoms with E-state index in [1.807, 2.05) is 0 Å². The van der Waals surface area contributed by atoms with Gasteiger partial charge in [-0.2, -0.15) is 0 Å². The van der Waals surface area contributed by atoms with E-state index >= 15 is 0 Å². The smallest absolute Gasteiger partial charge is 0.331 e. The number of carboxylic acid groups (broad SMARTS) is 2. The first-order chi connectivity index (χ1) is 13.8. The second-order valence-corrected chi connectivity index (χ2v) is 8.98. The molecule has 1 aliphatic heterocycles. The second kappa shape index (κ2) is 8.59. The van der Waals surface area contributed by atoms with Crippen LogP contribution in [0.4, 0.5) is 4.39 Å².